The van der Waals surface area contributed by atoms with E-state index in [9.17, 15) is 5.11 Å². The third-order valence-electron chi connectivity index (χ3n) is 4.80. The normalized spacial score (nSPS) is 40.7. The number of piperidine rings is 1. The van der Waals surface area contributed by atoms with Crippen LogP contribution in [0.25, 0.3) is 0 Å². The summed E-state index contributed by atoms with van der Waals surface area (Å²) in [5, 5.41) is 14.3. The largest absolute Gasteiger partial charge is 0.392 e. The van der Waals surface area contributed by atoms with Crippen molar-refractivity contribution in [1.29, 1.82) is 0 Å². The number of aliphatic hydroxyl groups excluding tert-OH is 1. The van der Waals surface area contributed by atoms with Gasteiger partial charge in [-0.1, -0.05) is 19.9 Å². The standard InChI is InChI=1S/C15H24N2O/c1-5-14(3)10-13(18)15(4,11(2)17-14)12-8-6-7-9-16-12/h6-9,11,13,17-18H,5,10H2,1-4H3. The van der Waals surface area contributed by atoms with Crippen molar-refractivity contribution in [3.05, 3.63) is 30.1 Å². The summed E-state index contributed by atoms with van der Waals surface area (Å²) in [6.45, 7) is 8.60. The first-order valence-corrected chi connectivity index (χ1v) is 6.79. The second kappa shape index (κ2) is 4.63. The highest BCUT2D eigenvalue weighted by molar-refractivity contribution is 5.24. The van der Waals surface area contributed by atoms with Gasteiger partial charge in [-0.3, -0.25) is 4.98 Å². The highest BCUT2D eigenvalue weighted by atomic mass is 16.3. The third-order valence-corrected chi connectivity index (χ3v) is 4.80. The van der Waals surface area contributed by atoms with Crippen molar-refractivity contribution in [3.63, 3.8) is 0 Å². The monoisotopic (exact) mass is 248 g/mol. The van der Waals surface area contributed by atoms with Gasteiger partial charge in [-0.05, 0) is 38.8 Å². The predicted octanol–water partition coefficient (Wildman–Crippen LogP) is 2.25. The predicted molar refractivity (Wildman–Crippen MR) is 73.5 cm³/mol. The minimum atomic E-state index is -0.367. The molecule has 1 aliphatic rings. The first-order chi connectivity index (χ1) is 8.42. The Morgan fingerprint density at radius 2 is 2.17 bits per heavy atom. The number of nitrogens with zero attached hydrogens (tertiary/aromatic N) is 1. The molecule has 3 nitrogen and oxygen atoms in total. The van der Waals surface area contributed by atoms with Crippen molar-refractivity contribution in [2.75, 3.05) is 0 Å². The van der Waals surface area contributed by atoms with Crippen LogP contribution in [0.3, 0.4) is 0 Å². The van der Waals surface area contributed by atoms with Crippen molar-refractivity contribution in [2.45, 2.75) is 63.6 Å². The molecular formula is C15H24N2O. The summed E-state index contributed by atoms with van der Waals surface area (Å²) in [5.74, 6) is 0. The summed E-state index contributed by atoms with van der Waals surface area (Å²) >= 11 is 0. The first-order valence-electron chi connectivity index (χ1n) is 6.79. The van der Waals surface area contributed by atoms with E-state index in [4.69, 9.17) is 0 Å². The number of pyridine rings is 1. The van der Waals surface area contributed by atoms with Crippen molar-refractivity contribution in [3.8, 4) is 0 Å². The van der Waals surface area contributed by atoms with Gasteiger partial charge in [0.1, 0.15) is 0 Å². The molecule has 1 aromatic rings. The van der Waals surface area contributed by atoms with Gasteiger partial charge in [0.2, 0.25) is 0 Å². The molecule has 0 aliphatic carbocycles. The summed E-state index contributed by atoms with van der Waals surface area (Å²) in [6, 6.07) is 6.11. The highest BCUT2D eigenvalue weighted by Gasteiger charge is 2.49. The Balaban J connectivity index is 2.35. The van der Waals surface area contributed by atoms with Gasteiger partial charge in [-0.2, -0.15) is 0 Å². The van der Waals surface area contributed by atoms with Gasteiger partial charge in [0.15, 0.2) is 0 Å². The second-order valence-electron chi connectivity index (χ2n) is 6.00. The average molecular weight is 248 g/mol. The third kappa shape index (κ3) is 2.06. The zero-order valence-corrected chi connectivity index (χ0v) is 11.8. The van der Waals surface area contributed by atoms with E-state index in [0.29, 0.717) is 0 Å². The molecule has 1 saturated heterocycles. The molecule has 2 heterocycles. The first kappa shape index (κ1) is 13.5. The maximum absolute atomic E-state index is 10.6. The summed E-state index contributed by atoms with van der Waals surface area (Å²) < 4.78 is 0. The number of hydrogen-bond acceptors (Lipinski definition) is 3. The van der Waals surface area contributed by atoms with Crippen LogP contribution in [0.5, 0.6) is 0 Å². The molecule has 1 aliphatic heterocycles. The molecular weight excluding hydrogens is 224 g/mol. The van der Waals surface area contributed by atoms with Gasteiger partial charge in [0.05, 0.1) is 17.2 Å². The zero-order valence-electron chi connectivity index (χ0n) is 11.8. The van der Waals surface area contributed by atoms with Crippen LogP contribution in [-0.2, 0) is 5.41 Å². The molecule has 100 valence electrons. The van der Waals surface area contributed by atoms with E-state index in [-0.39, 0.29) is 23.1 Å². The van der Waals surface area contributed by atoms with Crippen molar-refractivity contribution in [2.24, 2.45) is 0 Å². The van der Waals surface area contributed by atoms with Crippen LogP contribution in [0.2, 0.25) is 0 Å². The minimum absolute atomic E-state index is 0.0210. The molecule has 0 bridgehead atoms. The number of nitrogens with one attached hydrogen (secondary N) is 1. The zero-order chi connectivity index (χ0) is 13.4. The lowest BCUT2D eigenvalue weighted by molar-refractivity contribution is -0.0100. The van der Waals surface area contributed by atoms with Gasteiger partial charge >= 0.3 is 0 Å². The molecule has 0 amide bonds. The molecule has 18 heavy (non-hydrogen) atoms. The van der Waals surface area contributed by atoms with Crippen molar-refractivity contribution < 1.29 is 5.11 Å². The number of rotatable bonds is 2. The van der Waals surface area contributed by atoms with Crippen LogP contribution < -0.4 is 5.32 Å². The molecule has 2 rings (SSSR count). The fourth-order valence-electron chi connectivity index (χ4n) is 2.98. The topological polar surface area (TPSA) is 45.2 Å². The molecule has 2 N–H and O–H groups in total. The Hall–Kier alpha value is -0.930. The van der Waals surface area contributed by atoms with Crippen molar-refractivity contribution in [1.82, 2.24) is 10.3 Å². The molecule has 0 aromatic carbocycles. The maximum atomic E-state index is 10.6. The molecule has 0 radical (unpaired) electrons. The maximum Gasteiger partial charge on any atom is 0.0681 e. The summed E-state index contributed by atoms with van der Waals surface area (Å²) in [6.07, 6.45) is 3.22. The van der Waals surface area contributed by atoms with Gasteiger partial charge in [0, 0.05) is 17.8 Å². The van der Waals surface area contributed by atoms with E-state index in [1.54, 1.807) is 6.20 Å². The SMILES string of the molecule is CCC1(C)CC(O)C(C)(c2ccccn2)C(C)N1. The van der Waals surface area contributed by atoms with E-state index in [1.165, 1.54) is 0 Å². The lowest BCUT2D eigenvalue weighted by Crippen LogP contribution is -2.65. The lowest BCUT2D eigenvalue weighted by atomic mass is 9.66. The average Bonchev–Trinajstić information content (AvgIpc) is 2.37. The Kier molecular flexibility index (Phi) is 3.47. The van der Waals surface area contributed by atoms with Gasteiger partial charge in [0.25, 0.3) is 0 Å². The van der Waals surface area contributed by atoms with Gasteiger partial charge in [-0.25, -0.2) is 0 Å². The molecule has 0 saturated carbocycles. The minimum Gasteiger partial charge on any atom is -0.392 e. The molecule has 4 unspecified atom stereocenters. The van der Waals surface area contributed by atoms with Crippen LogP contribution in [-0.4, -0.2) is 27.8 Å². The van der Waals surface area contributed by atoms with E-state index < -0.39 is 0 Å². The fourth-order valence-corrected chi connectivity index (χ4v) is 2.98. The number of aliphatic hydroxyl groups is 1. The molecule has 0 spiro atoms. The van der Waals surface area contributed by atoms with Crippen molar-refractivity contribution >= 4 is 0 Å². The van der Waals surface area contributed by atoms with Crippen LogP contribution in [0.1, 0.15) is 46.2 Å². The van der Waals surface area contributed by atoms with Gasteiger partial charge in [-0.15, -0.1) is 0 Å². The quantitative estimate of drug-likeness (QED) is 0.844. The summed E-state index contributed by atoms with van der Waals surface area (Å²) in [7, 11) is 0. The van der Waals surface area contributed by atoms with Gasteiger partial charge < -0.3 is 10.4 Å². The lowest BCUT2D eigenvalue weighted by Gasteiger charge is -2.51. The molecule has 4 atom stereocenters. The Morgan fingerprint density at radius 1 is 1.44 bits per heavy atom. The van der Waals surface area contributed by atoms with Crippen LogP contribution in [0, 0.1) is 0 Å². The fraction of sp³-hybridized carbons (Fsp3) is 0.667. The van der Waals surface area contributed by atoms with Crippen LogP contribution in [0.15, 0.2) is 24.4 Å². The van der Waals surface area contributed by atoms with E-state index in [1.807, 2.05) is 18.2 Å². The Labute approximate surface area is 110 Å². The number of hydrogen-bond donors (Lipinski definition) is 2. The summed E-state index contributed by atoms with van der Waals surface area (Å²) in [4.78, 5) is 4.45. The molecule has 1 aromatic heterocycles. The van der Waals surface area contributed by atoms with Crippen LogP contribution in [0.4, 0.5) is 0 Å². The Morgan fingerprint density at radius 3 is 2.67 bits per heavy atom. The smallest absolute Gasteiger partial charge is 0.0681 e. The molecule has 1 fully saturated rings. The summed E-state index contributed by atoms with van der Waals surface area (Å²) in [5.41, 5.74) is 0.666. The van der Waals surface area contributed by atoms with E-state index in [2.05, 4.69) is 38.0 Å². The van der Waals surface area contributed by atoms with E-state index in [0.717, 1.165) is 18.5 Å². The van der Waals surface area contributed by atoms with E-state index >= 15 is 0 Å². The molecule has 3 heteroatoms. The number of aromatic nitrogens is 1. The highest BCUT2D eigenvalue weighted by Crippen LogP contribution is 2.39. The second-order valence-corrected chi connectivity index (χ2v) is 6.00. The van der Waals surface area contributed by atoms with Crippen LogP contribution >= 0.6 is 0 Å². The Bertz CT molecular complexity index is 392.